The summed E-state index contributed by atoms with van der Waals surface area (Å²) in [6.07, 6.45) is -3.17. The average Bonchev–Trinajstić information content (AvgIpc) is 3.01. The second-order valence-electron chi connectivity index (χ2n) is 5.94. The number of carbonyl (C=O) groups excluding carboxylic acids is 1. The highest BCUT2D eigenvalue weighted by Gasteiger charge is 2.34. The topological polar surface area (TPSA) is 59.0 Å². The van der Waals surface area contributed by atoms with E-state index in [-0.39, 0.29) is 11.5 Å². The van der Waals surface area contributed by atoms with Crippen LogP contribution in [0.3, 0.4) is 0 Å². The summed E-state index contributed by atoms with van der Waals surface area (Å²) in [7, 11) is 0. The van der Waals surface area contributed by atoms with Gasteiger partial charge >= 0.3 is 6.18 Å². The van der Waals surface area contributed by atoms with Crippen molar-refractivity contribution in [2.24, 2.45) is 5.92 Å². The van der Waals surface area contributed by atoms with Gasteiger partial charge in [0.2, 0.25) is 5.91 Å². The molecule has 0 aliphatic carbocycles. The second-order valence-corrected chi connectivity index (χ2v) is 5.94. The van der Waals surface area contributed by atoms with E-state index in [0.717, 1.165) is 18.0 Å². The zero-order valence-corrected chi connectivity index (χ0v) is 13.3. The molecule has 1 aliphatic heterocycles. The predicted molar refractivity (Wildman–Crippen MR) is 82.2 cm³/mol. The molecule has 2 unspecified atom stereocenters. The van der Waals surface area contributed by atoms with Crippen LogP contribution in [-0.2, 0) is 17.5 Å². The molecule has 1 aromatic heterocycles. The maximum atomic E-state index is 13.4. The molecule has 0 saturated heterocycles. The Bertz CT molecular complexity index is 787. The van der Waals surface area contributed by atoms with Crippen molar-refractivity contribution < 1.29 is 22.4 Å². The van der Waals surface area contributed by atoms with E-state index in [1.165, 1.54) is 6.07 Å². The van der Waals surface area contributed by atoms with E-state index in [0.29, 0.717) is 13.1 Å². The van der Waals surface area contributed by atoms with Crippen molar-refractivity contribution in [3.8, 4) is 0 Å². The van der Waals surface area contributed by atoms with Crippen molar-refractivity contribution in [1.29, 1.82) is 0 Å². The summed E-state index contributed by atoms with van der Waals surface area (Å²) in [6.45, 7) is 2.34. The lowest BCUT2D eigenvalue weighted by atomic mass is 10.0. The lowest BCUT2D eigenvalue weighted by molar-refractivity contribution is -0.140. The fourth-order valence-corrected chi connectivity index (χ4v) is 2.75. The fraction of sp³-hybridized carbons (Fsp3) is 0.375. The zero-order valence-electron chi connectivity index (χ0n) is 13.3. The first kappa shape index (κ1) is 17.2. The Labute approximate surface area is 141 Å². The highest BCUT2D eigenvalue weighted by molar-refractivity contribution is 5.80. The number of aromatic nitrogens is 2. The summed E-state index contributed by atoms with van der Waals surface area (Å²) in [4.78, 5) is 12.4. The molecule has 2 heterocycles. The van der Waals surface area contributed by atoms with Crippen LogP contribution in [-0.4, -0.2) is 22.2 Å². The molecule has 0 fully saturated rings. The predicted octanol–water partition coefficient (Wildman–Crippen LogP) is 2.96. The van der Waals surface area contributed by atoms with Gasteiger partial charge in [-0.25, -0.2) is 9.07 Å². The number of anilines is 1. The lowest BCUT2D eigenvalue weighted by Gasteiger charge is -2.26. The standard InChI is InChI=1S/C16H16F4N4O/c1-9(10-2-3-13(17)12(6-10)16(18,19)20)23-15(25)11-7-21-14-4-5-22-24(14)8-11/h2-6,9,11,21H,7-8H2,1H3,(H,23,25). The van der Waals surface area contributed by atoms with Crippen LogP contribution in [0, 0.1) is 11.7 Å². The molecule has 0 radical (unpaired) electrons. The summed E-state index contributed by atoms with van der Waals surface area (Å²) < 4.78 is 53.4. The summed E-state index contributed by atoms with van der Waals surface area (Å²) in [5, 5.41) is 9.82. The summed E-state index contributed by atoms with van der Waals surface area (Å²) >= 11 is 0. The van der Waals surface area contributed by atoms with Crippen LogP contribution >= 0.6 is 0 Å². The van der Waals surface area contributed by atoms with Crippen LogP contribution in [0.4, 0.5) is 23.4 Å². The maximum Gasteiger partial charge on any atom is 0.419 e. The zero-order chi connectivity index (χ0) is 18.2. The molecule has 9 heteroatoms. The molecule has 3 rings (SSSR count). The number of nitrogens with one attached hydrogen (secondary N) is 2. The first-order chi connectivity index (χ1) is 11.8. The van der Waals surface area contributed by atoms with Gasteiger partial charge in [0.15, 0.2) is 0 Å². The van der Waals surface area contributed by atoms with E-state index in [2.05, 4.69) is 15.7 Å². The number of alkyl halides is 3. The van der Waals surface area contributed by atoms with Gasteiger partial charge < -0.3 is 10.6 Å². The molecule has 5 nitrogen and oxygen atoms in total. The van der Waals surface area contributed by atoms with Gasteiger partial charge in [0.1, 0.15) is 11.6 Å². The minimum absolute atomic E-state index is 0.186. The lowest BCUT2D eigenvalue weighted by Crippen LogP contribution is -2.41. The number of nitrogens with zero attached hydrogens (tertiary/aromatic N) is 2. The molecular formula is C16H16F4N4O. The Kier molecular flexibility index (Phi) is 4.40. The molecule has 1 amide bonds. The number of hydrogen-bond acceptors (Lipinski definition) is 3. The van der Waals surface area contributed by atoms with Gasteiger partial charge in [0, 0.05) is 12.6 Å². The van der Waals surface area contributed by atoms with Crippen LogP contribution in [0.15, 0.2) is 30.5 Å². The largest absolute Gasteiger partial charge is 0.419 e. The van der Waals surface area contributed by atoms with Crippen molar-refractivity contribution in [3.05, 3.63) is 47.4 Å². The molecule has 2 N–H and O–H groups in total. The molecule has 0 spiro atoms. The van der Waals surface area contributed by atoms with Gasteiger partial charge in [-0.15, -0.1) is 0 Å². The van der Waals surface area contributed by atoms with Gasteiger partial charge in [-0.05, 0) is 24.6 Å². The van der Waals surface area contributed by atoms with Crippen LogP contribution in [0.25, 0.3) is 0 Å². The van der Waals surface area contributed by atoms with Crippen LogP contribution in [0.5, 0.6) is 0 Å². The number of benzene rings is 1. The molecule has 1 aliphatic rings. The third-order valence-electron chi connectivity index (χ3n) is 4.16. The molecule has 25 heavy (non-hydrogen) atoms. The van der Waals surface area contributed by atoms with E-state index in [4.69, 9.17) is 0 Å². The monoisotopic (exact) mass is 356 g/mol. The average molecular weight is 356 g/mol. The van der Waals surface area contributed by atoms with E-state index in [1.807, 2.05) is 0 Å². The van der Waals surface area contributed by atoms with Crippen molar-refractivity contribution in [2.45, 2.75) is 25.7 Å². The Hall–Kier alpha value is -2.58. The van der Waals surface area contributed by atoms with E-state index in [1.54, 1.807) is 23.9 Å². The normalized spacial score (nSPS) is 18.2. The third kappa shape index (κ3) is 3.59. The summed E-state index contributed by atoms with van der Waals surface area (Å²) in [5.74, 6) is -1.24. The molecule has 0 bridgehead atoms. The van der Waals surface area contributed by atoms with Gasteiger partial charge in [-0.1, -0.05) is 6.07 Å². The van der Waals surface area contributed by atoms with Gasteiger partial charge in [0.25, 0.3) is 0 Å². The van der Waals surface area contributed by atoms with Gasteiger partial charge in [0.05, 0.1) is 30.3 Å². The van der Waals surface area contributed by atoms with Crippen LogP contribution in [0.1, 0.15) is 24.1 Å². The number of halogens is 4. The summed E-state index contributed by atoms with van der Waals surface area (Å²) in [5.41, 5.74) is -1.16. The molecular weight excluding hydrogens is 340 g/mol. The number of carbonyl (C=O) groups is 1. The number of rotatable bonds is 3. The van der Waals surface area contributed by atoms with Gasteiger partial charge in [-0.2, -0.15) is 18.3 Å². The molecule has 134 valence electrons. The number of amides is 1. The highest BCUT2D eigenvalue weighted by Crippen LogP contribution is 2.33. The SMILES string of the molecule is CC(NC(=O)C1CNc2ccnn2C1)c1ccc(F)c(C(F)(F)F)c1. The van der Waals surface area contributed by atoms with Crippen LogP contribution in [0.2, 0.25) is 0 Å². The molecule has 2 atom stereocenters. The maximum absolute atomic E-state index is 13.4. The Morgan fingerprint density at radius 2 is 2.16 bits per heavy atom. The van der Waals surface area contributed by atoms with Crippen molar-refractivity contribution in [1.82, 2.24) is 15.1 Å². The van der Waals surface area contributed by atoms with Crippen molar-refractivity contribution in [3.63, 3.8) is 0 Å². The van der Waals surface area contributed by atoms with Gasteiger partial charge in [-0.3, -0.25) is 4.79 Å². The quantitative estimate of drug-likeness (QED) is 0.832. The Morgan fingerprint density at radius 3 is 2.88 bits per heavy atom. The number of hydrogen-bond donors (Lipinski definition) is 2. The third-order valence-corrected chi connectivity index (χ3v) is 4.16. The highest BCUT2D eigenvalue weighted by atomic mass is 19.4. The Balaban J connectivity index is 1.70. The second kappa shape index (κ2) is 6.38. The van der Waals surface area contributed by atoms with Crippen molar-refractivity contribution in [2.75, 3.05) is 11.9 Å². The van der Waals surface area contributed by atoms with Crippen LogP contribution < -0.4 is 10.6 Å². The molecule has 2 aromatic rings. The summed E-state index contributed by atoms with van der Waals surface area (Å²) in [6, 6.07) is 3.83. The smallest absolute Gasteiger partial charge is 0.369 e. The Morgan fingerprint density at radius 1 is 1.40 bits per heavy atom. The van der Waals surface area contributed by atoms with E-state index < -0.39 is 29.5 Å². The number of fused-ring (bicyclic) bond motifs is 1. The fourth-order valence-electron chi connectivity index (χ4n) is 2.75. The van der Waals surface area contributed by atoms with E-state index in [9.17, 15) is 22.4 Å². The molecule has 0 saturated carbocycles. The van der Waals surface area contributed by atoms with E-state index >= 15 is 0 Å². The molecule has 1 aromatic carbocycles. The first-order valence-corrected chi connectivity index (χ1v) is 7.68. The minimum atomic E-state index is -4.78. The van der Waals surface area contributed by atoms with Crippen molar-refractivity contribution >= 4 is 11.7 Å². The minimum Gasteiger partial charge on any atom is -0.369 e. The first-order valence-electron chi connectivity index (χ1n) is 7.68.